The number of hydrogen-bond donors (Lipinski definition) is 4. The van der Waals surface area contributed by atoms with E-state index in [1.54, 1.807) is 4.57 Å². The van der Waals surface area contributed by atoms with Gasteiger partial charge in [0.1, 0.15) is 22.0 Å². The minimum absolute atomic E-state index is 0.00982. The van der Waals surface area contributed by atoms with Gasteiger partial charge >= 0.3 is 0 Å². The van der Waals surface area contributed by atoms with Crippen molar-refractivity contribution in [3.8, 4) is 0 Å². The predicted octanol–water partition coefficient (Wildman–Crippen LogP) is 2.06. The van der Waals surface area contributed by atoms with Crippen LogP contribution < -0.4 is 10.6 Å². The maximum atomic E-state index is 12.1. The Morgan fingerprint density at radius 3 is 2.30 bits per heavy atom. The first-order chi connectivity index (χ1) is 22.8. The van der Waals surface area contributed by atoms with Crippen LogP contribution in [-0.2, 0) is 21.1 Å². The lowest BCUT2D eigenvalue weighted by molar-refractivity contribution is -0.0384. The Morgan fingerprint density at radius 2 is 1.66 bits per heavy atom. The third-order valence-electron chi connectivity index (χ3n) is 8.70. The van der Waals surface area contributed by atoms with Gasteiger partial charge in [-0.25, -0.2) is 13.4 Å². The summed E-state index contributed by atoms with van der Waals surface area (Å²) in [5.74, 6) is 1.05. The number of aromatic nitrogens is 8. The van der Waals surface area contributed by atoms with Gasteiger partial charge in [-0.3, -0.25) is 4.57 Å². The Bertz CT molecular complexity index is 1880. The molecule has 2 saturated heterocycles. The molecule has 4 atom stereocenters. The zero-order valence-corrected chi connectivity index (χ0v) is 26.5. The van der Waals surface area contributed by atoms with Crippen molar-refractivity contribution in [2.75, 3.05) is 28.7 Å². The van der Waals surface area contributed by atoms with Crippen LogP contribution in [0.25, 0.3) is 11.2 Å². The average molecular weight is 661 g/mol. The summed E-state index contributed by atoms with van der Waals surface area (Å²) in [4.78, 5) is 15.5. The molecule has 5 aromatic rings. The molecule has 4 N–H and O–H groups in total. The van der Waals surface area contributed by atoms with E-state index in [2.05, 4.69) is 55.3 Å². The van der Waals surface area contributed by atoms with E-state index in [4.69, 9.17) is 14.7 Å². The summed E-state index contributed by atoms with van der Waals surface area (Å²) in [7, 11) is -3.06. The summed E-state index contributed by atoms with van der Waals surface area (Å²) in [5, 5.41) is 41.1. The van der Waals surface area contributed by atoms with Gasteiger partial charge < -0.3 is 25.6 Å². The Balaban J connectivity index is 1.23. The topological polar surface area (TPSA) is 195 Å². The lowest BCUT2D eigenvalue weighted by atomic mass is 9.91. The van der Waals surface area contributed by atoms with Crippen LogP contribution >= 0.6 is 0 Å². The maximum Gasteiger partial charge on any atom is 0.227 e. The number of hydrogen-bond acceptors (Lipinski definition) is 13. The number of nitrogens with one attached hydrogen (secondary N) is 2. The quantitative estimate of drug-likeness (QED) is 0.170. The molecule has 246 valence electrons. The summed E-state index contributed by atoms with van der Waals surface area (Å²) in [6, 6.07) is 20.2. The highest BCUT2D eigenvalue weighted by Gasteiger charge is 2.47. The number of nitrogens with zero attached hydrogens (tertiary/aromatic N) is 8. The summed E-state index contributed by atoms with van der Waals surface area (Å²) in [6.45, 7) is 2.83. The van der Waals surface area contributed by atoms with E-state index >= 15 is 0 Å². The summed E-state index contributed by atoms with van der Waals surface area (Å²) < 4.78 is 31.8. The van der Waals surface area contributed by atoms with E-state index in [9.17, 15) is 18.6 Å². The van der Waals surface area contributed by atoms with Crippen molar-refractivity contribution in [3.63, 3.8) is 0 Å². The van der Waals surface area contributed by atoms with Gasteiger partial charge in [-0.15, -0.1) is 10.2 Å². The molecule has 2 aliphatic rings. The molecule has 5 heterocycles. The van der Waals surface area contributed by atoms with Crippen molar-refractivity contribution in [2.45, 2.75) is 62.8 Å². The van der Waals surface area contributed by atoms with Gasteiger partial charge in [-0.05, 0) is 36.1 Å². The number of anilines is 2. The Morgan fingerprint density at radius 1 is 0.979 bits per heavy atom. The van der Waals surface area contributed by atoms with Crippen molar-refractivity contribution in [3.05, 3.63) is 83.9 Å². The Hall–Kier alpha value is -4.51. The normalized spacial score (nSPS) is 23.0. The standard InChI is InChI=1S/C31H36N10O5S/c1-2-41-38-28(37-39-41)26-24(42)25(43)30(46-26)40-18-33-23-27(35-31(36-29(23)40)34-21-13-15-47(44,45)16-14-21)32-17-22(19-9-5-3-6-10-19)20-11-7-4-8-12-20/h3-12,18,21-22,24-26,30,42-43H,2,13-17H2,1H3,(H2,32,34,35,36)/t24-,25+,26-,30+/m0/s1. The number of aliphatic hydroxyl groups is 2. The van der Waals surface area contributed by atoms with Crippen LogP contribution in [0.5, 0.6) is 0 Å². The fourth-order valence-electron chi connectivity index (χ4n) is 6.11. The molecule has 0 bridgehead atoms. The van der Waals surface area contributed by atoms with E-state index < -0.39 is 34.4 Å². The van der Waals surface area contributed by atoms with Crippen LogP contribution in [0.15, 0.2) is 67.0 Å². The molecule has 0 radical (unpaired) electrons. The van der Waals surface area contributed by atoms with Crippen molar-refractivity contribution in [2.24, 2.45) is 0 Å². The van der Waals surface area contributed by atoms with E-state index in [1.807, 2.05) is 43.3 Å². The smallest absolute Gasteiger partial charge is 0.227 e. The molecule has 0 unspecified atom stereocenters. The molecule has 2 aromatic carbocycles. The van der Waals surface area contributed by atoms with Crippen molar-refractivity contribution >= 4 is 32.8 Å². The first kappa shape index (κ1) is 31.1. The molecule has 16 heteroatoms. The fraction of sp³-hybridized carbons (Fsp3) is 0.419. The summed E-state index contributed by atoms with van der Waals surface area (Å²) in [5.41, 5.74) is 3.04. The molecule has 2 fully saturated rings. The molecule has 2 aliphatic heterocycles. The average Bonchev–Trinajstić information content (AvgIpc) is 3.81. The number of aryl methyl sites for hydroxylation is 1. The highest BCUT2D eigenvalue weighted by Crippen LogP contribution is 2.39. The van der Waals surface area contributed by atoms with Gasteiger partial charge in [0.05, 0.1) is 24.4 Å². The number of sulfone groups is 1. The number of fused-ring (bicyclic) bond motifs is 1. The van der Waals surface area contributed by atoms with Gasteiger partial charge in [0.25, 0.3) is 0 Å². The number of tetrazole rings is 1. The molecule has 0 spiro atoms. The van der Waals surface area contributed by atoms with Crippen LogP contribution in [0.2, 0.25) is 0 Å². The van der Waals surface area contributed by atoms with Crippen LogP contribution in [0.3, 0.4) is 0 Å². The predicted molar refractivity (Wildman–Crippen MR) is 172 cm³/mol. The Kier molecular flexibility index (Phi) is 8.57. The fourth-order valence-corrected chi connectivity index (χ4v) is 7.60. The lowest BCUT2D eigenvalue weighted by Crippen LogP contribution is -2.33. The van der Waals surface area contributed by atoms with Gasteiger partial charge in [0, 0.05) is 18.5 Å². The molecular formula is C31H36N10O5S. The lowest BCUT2D eigenvalue weighted by Gasteiger charge is -2.24. The number of rotatable bonds is 10. The summed E-state index contributed by atoms with van der Waals surface area (Å²) in [6.07, 6.45) is -2.41. The number of aliphatic hydroxyl groups excluding tert-OH is 2. The molecule has 0 saturated carbocycles. The third kappa shape index (κ3) is 6.41. The molecule has 0 amide bonds. The Labute approximate surface area is 271 Å². The first-order valence-electron chi connectivity index (χ1n) is 15.6. The van der Waals surface area contributed by atoms with Gasteiger partial charge in [-0.2, -0.15) is 14.8 Å². The number of benzene rings is 2. The molecule has 3 aromatic heterocycles. The van der Waals surface area contributed by atoms with Crippen molar-refractivity contribution < 1.29 is 23.4 Å². The monoisotopic (exact) mass is 660 g/mol. The van der Waals surface area contributed by atoms with Gasteiger partial charge in [0.2, 0.25) is 11.8 Å². The zero-order valence-electron chi connectivity index (χ0n) is 25.7. The molecule has 7 rings (SSSR count). The zero-order chi connectivity index (χ0) is 32.5. The second-order valence-electron chi connectivity index (χ2n) is 11.8. The number of ether oxygens (including phenoxy) is 1. The van der Waals surface area contributed by atoms with Gasteiger partial charge in [-0.1, -0.05) is 60.7 Å². The second-order valence-corrected chi connectivity index (χ2v) is 14.1. The van der Waals surface area contributed by atoms with Crippen LogP contribution in [-0.4, -0.2) is 94.7 Å². The van der Waals surface area contributed by atoms with Gasteiger partial charge in [0.15, 0.2) is 29.3 Å². The number of imidazole rings is 1. The molecule has 15 nitrogen and oxygen atoms in total. The third-order valence-corrected chi connectivity index (χ3v) is 10.4. The highest BCUT2D eigenvalue weighted by molar-refractivity contribution is 7.91. The molecular weight excluding hydrogens is 624 g/mol. The van der Waals surface area contributed by atoms with E-state index in [0.717, 1.165) is 11.1 Å². The second kappa shape index (κ2) is 12.9. The molecule has 47 heavy (non-hydrogen) atoms. The van der Waals surface area contributed by atoms with Crippen LogP contribution in [0.4, 0.5) is 11.8 Å². The molecule has 0 aliphatic carbocycles. The SMILES string of the molecule is CCn1nnc([C@H]2O[C@@H](n3cnc4c(NCC(c5ccccc5)c5ccccc5)nc(NC5CCS(=O)(=O)CC5)nc43)[C@H](O)[C@@H]2O)n1. The summed E-state index contributed by atoms with van der Waals surface area (Å²) >= 11 is 0. The van der Waals surface area contributed by atoms with E-state index in [1.165, 1.54) is 11.1 Å². The minimum Gasteiger partial charge on any atom is -0.387 e. The highest BCUT2D eigenvalue weighted by atomic mass is 32.2. The maximum absolute atomic E-state index is 12.1. The van der Waals surface area contributed by atoms with Crippen LogP contribution in [0.1, 0.15) is 55.0 Å². The van der Waals surface area contributed by atoms with Crippen molar-refractivity contribution in [1.29, 1.82) is 0 Å². The first-order valence-corrected chi connectivity index (χ1v) is 17.5. The van der Waals surface area contributed by atoms with Crippen LogP contribution in [0, 0.1) is 0 Å². The van der Waals surface area contributed by atoms with E-state index in [-0.39, 0.29) is 35.2 Å². The minimum atomic E-state index is -3.06. The van der Waals surface area contributed by atoms with E-state index in [0.29, 0.717) is 42.9 Å². The van der Waals surface area contributed by atoms with Crippen molar-refractivity contribution in [1.82, 2.24) is 39.7 Å². The largest absolute Gasteiger partial charge is 0.387 e.